The Morgan fingerprint density at radius 3 is 2.50 bits per heavy atom. The van der Waals surface area contributed by atoms with Gasteiger partial charge in [-0.05, 0) is 37.6 Å². The maximum atomic E-state index is 11.8. The fraction of sp³-hybridized carbons (Fsp3) is 0.125. The van der Waals surface area contributed by atoms with Crippen LogP contribution in [0.3, 0.4) is 0 Å². The number of nitrogens with zero attached hydrogens (tertiary/aromatic N) is 1. The topological polar surface area (TPSA) is 68.0 Å². The van der Waals surface area contributed by atoms with Gasteiger partial charge in [-0.25, -0.2) is 4.98 Å². The lowest BCUT2D eigenvalue weighted by Crippen LogP contribution is -2.10. The second-order valence-electron chi connectivity index (χ2n) is 4.60. The normalized spacial score (nSPS) is 10.7. The molecule has 4 heteroatoms. The average Bonchev–Trinajstić information content (AvgIpc) is 2.41. The van der Waals surface area contributed by atoms with Crippen molar-refractivity contribution in [1.82, 2.24) is 4.98 Å². The van der Waals surface area contributed by atoms with E-state index in [-0.39, 0.29) is 5.91 Å². The molecule has 0 atom stereocenters. The van der Waals surface area contributed by atoms with E-state index in [1.165, 1.54) is 11.6 Å². The first-order valence-electron chi connectivity index (χ1n) is 6.33. The number of aromatic nitrogens is 1. The molecule has 1 amide bonds. The Hall–Kier alpha value is -2.62. The standard InChI is InChI=1S/C16H17N3O/c1-11-3-5-13(6-4-11)7-10-16(20)19-14-8-9-15(17)18-12(14)2/h3-10H,1-2H3,(H2,17,18)(H,19,20)/b10-7+. The van der Waals surface area contributed by atoms with Crippen LogP contribution in [0.1, 0.15) is 16.8 Å². The Bertz CT molecular complexity index is 645. The Morgan fingerprint density at radius 1 is 1.15 bits per heavy atom. The van der Waals surface area contributed by atoms with Gasteiger partial charge in [-0.1, -0.05) is 29.8 Å². The number of rotatable bonds is 3. The van der Waals surface area contributed by atoms with E-state index in [4.69, 9.17) is 5.73 Å². The maximum absolute atomic E-state index is 11.8. The van der Waals surface area contributed by atoms with Crippen LogP contribution in [-0.4, -0.2) is 10.9 Å². The van der Waals surface area contributed by atoms with Gasteiger partial charge in [0, 0.05) is 6.08 Å². The van der Waals surface area contributed by atoms with Gasteiger partial charge < -0.3 is 11.1 Å². The van der Waals surface area contributed by atoms with Gasteiger partial charge in [0.15, 0.2) is 0 Å². The summed E-state index contributed by atoms with van der Waals surface area (Å²) in [6.07, 6.45) is 3.27. The number of aryl methyl sites for hydroxylation is 2. The molecule has 0 spiro atoms. The number of hydrogen-bond acceptors (Lipinski definition) is 3. The van der Waals surface area contributed by atoms with Crippen LogP contribution in [0.25, 0.3) is 6.08 Å². The van der Waals surface area contributed by atoms with Crippen molar-refractivity contribution in [2.75, 3.05) is 11.1 Å². The number of hydrogen-bond donors (Lipinski definition) is 2. The van der Waals surface area contributed by atoms with Gasteiger partial charge in [0.2, 0.25) is 5.91 Å². The molecule has 1 aromatic carbocycles. The summed E-state index contributed by atoms with van der Waals surface area (Å²) in [7, 11) is 0. The highest BCUT2D eigenvalue weighted by Gasteiger charge is 2.02. The van der Waals surface area contributed by atoms with E-state index in [0.29, 0.717) is 17.2 Å². The minimum atomic E-state index is -0.194. The molecule has 20 heavy (non-hydrogen) atoms. The second kappa shape index (κ2) is 6.02. The van der Waals surface area contributed by atoms with Crippen LogP contribution >= 0.6 is 0 Å². The van der Waals surface area contributed by atoms with Crippen LogP contribution in [0, 0.1) is 13.8 Å². The molecule has 1 aromatic heterocycles. The van der Waals surface area contributed by atoms with Crippen molar-refractivity contribution in [2.24, 2.45) is 0 Å². The number of benzene rings is 1. The van der Waals surface area contributed by atoms with E-state index in [1.54, 1.807) is 25.1 Å². The van der Waals surface area contributed by atoms with Gasteiger partial charge in [-0.3, -0.25) is 4.79 Å². The van der Waals surface area contributed by atoms with Crippen molar-refractivity contribution in [2.45, 2.75) is 13.8 Å². The lowest BCUT2D eigenvalue weighted by Gasteiger charge is -2.05. The smallest absolute Gasteiger partial charge is 0.248 e. The summed E-state index contributed by atoms with van der Waals surface area (Å²) in [6.45, 7) is 3.83. The molecule has 0 radical (unpaired) electrons. The Balaban J connectivity index is 2.03. The van der Waals surface area contributed by atoms with E-state index < -0.39 is 0 Å². The van der Waals surface area contributed by atoms with E-state index in [1.807, 2.05) is 31.2 Å². The number of amides is 1. The van der Waals surface area contributed by atoms with Gasteiger partial charge in [-0.2, -0.15) is 0 Å². The SMILES string of the molecule is Cc1ccc(/C=C/C(=O)Nc2ccc(N)nc2C)cc1. The minimum Gasteiger partial charge on any atom is -0.384 e. The van der Waals surface area contributed by atoms with Crippen molar-refractivity contribution < 1.29 is 4.79 Å². The van der Waals surface area contributed by atoms with Crippen molar-refractivity contribution in [3.8, 4) is 0 Å². The summed E-state index contributed by atoms with van der Waals surface area (Å²) in [5, 5.41) is 2.78. The number of nitrogens with one attached hydrogen (secondary N) is 1. The molecular weight excluding hydrogens is 250 g/mol. The number of nitrogens with two attached hydrogens (primary N) is 1. The quantitative estimate of drug-likeness (QED) is 0.840. The lowest BCUT2D eigenvalue weighted by atomic mass is 10.1. The van der Waals surface area contributed by atoms with Crippen molar-refractivity contribution in [1.29, 1.82) is 0 Å². The third kappa shape index (κ3) is 3.68. The average molecular weight is 267 g/mol. The third-order valence-electron chi connectivity index (χ3n) is 2.87. The van der Waals surface area contributed by atoms with Gasteiger partial charge in [0.1, 0.15) is 5.82 Å². The van der Waals surface area contributed by atoms with Gasteiger partial charge in [0.05, 0.1) is 11.4 Å². The van der Waals surface area contributed by atoms with Crippen molar-refractivity contribution in [3.63, 3.8) is 0 Å². The number of carbonyl (C=O) groups excluding carboxylic acids is 1. The molecule has 0 aliphatic carbocycles. The summed E-state index contributed by atoms with van der Waals surface area (Å²) in [5.41, 5.74) is 9.10. The first-order chi connectivity index (χ1) is 9.54. The maximum Gasteiger partial charge on any atom is 0.248 e. The van der Waals surface area contributed by atoms with Gasteiger partial charge in [-0.15, -0.1) is 0 Å². The molecule has 0 unspecified atom stereocenters. The summed E-state index contributed by atoms with van der Waals surface area (Å²) < 4.78 is 0. The fourth-order valence-corrected chi connectivity index (χ4v) is 1.74. The molecule has 0 aliphatic rings. The molecule has 0 saturated heterocycles. The second-order valence-corrected chi connectivity index (χ2v) is 4.60. The van der Waals surface area contributed by atoms with E-state index in [2.05, 4.69) is 10.3 Å². The van der Waals surface area contributed by atoms with Gasteiger partial charge in [0.25, 0.3) is 0 Å². The highest BCUT2D eigenvalue weighted by atomic mass is 16.1. The fourth-order valence-electron chi connectivity index (χ4n) is 1.74. The van der Waals surface area contributed by atoms with Crippen LogP contribution in [0.5, 0.6) is 0 Å². The van der Waals surface area contributed by atoms with Crippen molar-refractivity contribution in [3.05, 3.63) is 59.3 Å². The van der Waals surface area contributed by atoms with E-state index in [9.17, 15) is 4.79 Å². The Labute approximate surface area is 118 Å². The summed E-state index contributed by atoms with van der Waals surface area (Å²) in [6, 6.07) is 11.4. The molecule has 102 valence electrons. The molecule has 0 saturated carbocycles. The molecule has 0 aliphatic heterocycles. The summed E-state index contributed by atoms with van der Waals surface area (Å²) in [5.74, 6) is 0.246. The molecule has 4 nitrogen and oxygen atoms in total. The zero-order chi connectivity index (χ0) is 14.5. The number of nitrogen functional groups attached to an aromatic ring is 1. The van der Waals surface area contributed by atoms with Gasteiger partial charge >= 0.3 is 0 Å². The van der Waals surface area contributed by atoms with Crippen LogP contribution in [-0.2, 0) is 4.79 Å². The molecule has 2 aromatic rings. The highest BCUT2D eigenvalue weighted by molar-refractivity contribution is 6.02. The summed E-state index contributed by atoms with van der Waals surface area (Å²) >= 11 is 0. The molecular formula is C16H17N3O. The number of anilines is 2. The van der Waals surface area contributed by atoms with E-state index >= 15 is 0 Å². The zero-order valence-electron chi connectivity index (χ0n) is 11.6. The van der Waals surface area contributed by atoms with Crippen LogP contribution < -0.4 is 11.1 Å². The Kier molecular flexibility index (Phi) is 4.15. The third-order valence-corrected chi connectivity index (χ3v) is 2.87. The molecule has 1 heterocycles. The lowest BCUT2D eigenvalue weighted by molar-refractivity contribution is -0.111. The van der Waals surface area contributed by atoms with Crippen LogP contribution in [0.15, 0.2) is 42.5 Å². The number of pyridine rings is 1. The molecule has 3 N–H and O–H groups in total. The van der Waals surface area contributed by atoms with Crippen LogP contribution in [0.4, 0.5) is 11.5 Å². The zero-order valence-corrected chi connectivity index (χ0v) is 11.6. The first-order valence-corrected chi connectivity index (χ1v) is 6.33. The molecule has 0 fully saturated rings. The molecule has 0 bridgehead atoms. The first kappa shape index (κ1) is 13.8. The Morgan fingerprint density at radius 2 is 1.85 bits per heavy atom. The van der Waals surface area contributed by atoms with Crippen LogP contribution in [0.2, 0.25) is 0 Å². The largest absolute Gasteiger partial charge is 0.384 e. The minimum absolute atomic E-state index is 0.194. The summed E-state index contributed by atoms with van der Waals surface area (Å²) in [4.78, 5) is 15.9. The predicted octanol–water partition coefficient (Wildman–Crippen LogP) is 2.93. The number of carbonyl (C=O) groups is 1. The van der Waals surface area contributed by atoms with Crippen molar-refractivity contribution >= 4 is 23.5 Å². The van der Waals surface area contributed by atoms with E-state index in [0.717, 1.165) is 5.56 Å². The highest BCUT2D eigenvalue weighted by Crippen LogP contribution is 2.14. The molecule has 2 rings (SSSR count). The predicted molar refractivity (Wildman–Crippen MR) is 82.2 cm³/mol. The monoisotopic (exact) mass is 267 g/mol.